The van der Waals surface area contributed by atoms with Crippen molar-refractivity contribution in [3.63, 3.8) is 0 Å². The highest BCUT2D eigenvalue weighted by molar-refractivity contribution is 5.96. The van der Waals surface area contributed by atoms with E-state index in [1.165, 1.54) is 12.8 Å². The Morgan fingerprint density at radius 2 is 2.00 bits per heavy atom. The van der Waals surface area contributed by atoms with Gasteiger partial charge in [-0.3, -0.25) is 15.0 Å². The van der Waals surface area contributed by atoms with Crippen LogP contribution in [-0.4, -0.2) is 67.6 Å². The van der Waals surface area contributed by atoms with E-state index in [1.807, 2.05) is 32.7 Å². The zero-order chi connectivity index (χ0) is 16.0. The van der Waals surface area contributed by atoms with Gasteiger partial charge in [0.2, 0.25) is 5.91 Å². The van der Waals surface area contributed by atoms with Crippen molar-refractivity contribution in [2.75, 3.05) is 33.7 Å². The molecule has 2 atom stereocenters. The lowest BCUT2D eigenvalue weighted by Gasteiger charge is -2.34. The molecule has 1 heterocycles. The van der Waals surface area contributed by atoms with Crippen molar-refractivity contribution >= 4 is 11.9 Å². The minimum atomic E-state index is -0.423. The van der Waals surface area contributed by atoms with Crippen molar-refractivity contribution < 1.29 is 9.59 Å². The summed E-state index contributed by atoms with van der Waals surface area (Å²) in [5.74, 6) is 0.341. The van der Waals surface area contributed by atoms with Gasteiger partial charge in [-0.25, -0.2) is 4.79 Å². The van der Waals surface area contributed by atoms with Crippen LogP contribution < -0.4 is 10.6 Å². The van der Waals surface area contributed by atoms with Crippen molar-refractivity contribution in [3.05, 3.63) is 0 Å². The third-order valence-corrected chi connectivity index (χ3v) is 3.97. The molecule has 3 amide bonds. The Morgan fingerprint density at radius 3 is 2.57 bits per heavy atom. The maximum absolute atomic E-state index is 12.1. The molecule has 6 nitrogen and oxygen atoms in total. The summed E-state index contributed by atoms with van der Waals surface area (Å²) in [6.45, 7) is 8.67. The maximum Gasteiger partial charge on any atom is 0.321 e. The van der Waals surface area contributed by atoms with Gasteiger partial charge in [-0.15, -0.1) is 0 Å². The summed E-state index contributed by atoms with van der Waals surface area (Å²) in [6.07, 6.45) is 2.42. The molecular formula is C15H30N4O2. The summed E-state index contributed by atoms with van der Waals surface area (Å²) in [7, 11) is 4.08. The molecule has 0 bridgehead atoms. The minimum Gasteiger partial charge on any atom is -0.336 e. The Kier molecular flexibility index (Phi) is 7.11. The third kappa shape index (κ3) is 6.44. The van der Waals surface area contributed by atoms with E-state index in [9.17, 15) is 9.59 Å². The van der Waals surface area contributed by atoms with Gasteiger partial charge in [0.05, 0.1) is 6.04 Å². The highest BCUT2D eigenvalue weighted by Gasteiger charge is 2.24. The van der Waals surface area contributed by atoms with Gasteiger partial charge >= 0.3 is 6.03 Å². The van der Waals surface area contributed by atoms with Crippen molar-refractivity contribution in [1.82, 2.24) is 20.4 Å². The molecule has 1 fully saturated rings. The smallest absolute Gasteiger partial charge is 0.321 e. The van der Waals surface area contributed by atoms with Crippen LogP contribution in [-0.2, 0) is 4.79 Å². The predicted octanol–water partition coefficient (Wildman–Crippen LogP) is 0.883. The van der Waals surface area contributed by atoms with Crippen LogP contribution in [0.5, 0.6) is 0 Å². The summed E-state index contributed by atoms with van der Waals surface area (Å²) in [5, 5.41) is 5.06. The van der Waals surface area contributed by atoms with E-state index < -0.39 is 6.03 Å². The molecule has 0 saturated carbocycles. The van der Waals surface area contributed by atoms with Gasteiger partial charge in [0.15, 0.2) is 0 Å². The average Bonchev–Trinajstić information content (AvgIpc) is 2.36. The van der Waals surface area contributed by atoms with Gasteiger partial charge in [-0.2, -0.15) is 0 Å². The molecule has 6 heteroatoms. The lowest BCUT2D eigenvalue weighted by Crippen LogP contribution is -2.51. The SMILES string of the molecule is CC(C)NC(=O)NC(=O)C(C)N(C)CC1CCCN(C)C1. The summed E-state index contributed by atoms with van der Waals surface area (Å²) >= 11 is 0. The van der Waals surface area contributed by atoms with Crippen molar-refractivity contribution in [2.45, 2.75) is 45.7 Å². The summed E-state index contributed by atoms with van der Waals surface area (Å²) < 4.78 is 0. The number of hydrogen-bond donors (Lipinski definition) is 2. The van der Waals surface area contributed by atoms with Gasteiger partial charge in [0.1, 0.15) is 0 Å². The first-order chi connectivity index (χ1) is 9.79. The Balaban J connectivity index is 2.40. The first-order valence-corrected chi connectivity index (χ1v) is 7.79. The standard InChI is InChI=1S/C15H30N4O2/c1-11(2)16-15(21)17-14(20)12(3)19(5)10-13-7-6-8-18(4)9-13/h11-13H,6-10H2,1-5H3,(H2,16,17,20,21). The first kappa shape index (κ1) is 17.9. The molecule has 1 aliphatic rings. The van der Waals surface area contributed by atoms with Crippen LogP contribution in [0.2, 0.25) is 0 Å². The number of piperidine rings is 1. The molecule has 21 heavy (non-hydrogen) atoms. The number of carbonyl (C=O) groups excluding carboxylic acids is 2. The van der Waals surface area contributed by atoms with Crippen LogP contribution in [0.1, 0.15) is 33.6 Å². The highest BCUT2D eigenvalue weighted by atomic mass is 16.2. The van der Waals surface area contributed by atoms with E-state index in [1.54, 1.807) is 0 Å². The van der Waals surface area contributed by atoms with Crippen molar-refractivity contribution in [1.29, 1.82) is 0 Å². The Labute approximate surface area is 128 Å². The molecule has 2 unspecified atom stereocenters. The van der Waals surface area contributed by atoms with Gasteiger partial charge in [-0.05, 0) is 60.2 Å². The number of hydrogen-bond acceptors (Lipinski definition) is 4. The highest BCUT2D eigenvalue weighted by Crippen LogP contribution is 2.16. The molecule has 0 aromatic heterocycles. The number of amides is 3. The second-order valence-corrected chi connectivity index (χ2v) is 6.50. The summed E-state index contributed by atoms with van der Waals surface area (Å²) in [6, 6.07) is -0.716. The fourth-order valence-electron chi connectivity index (χ4n) is 2.70. The topological polar surface area (TPSA) is 64.7 Å². The van der Waals surface area contributed by atoms with E-state index >= 15 is 0 Å². The monoisotopic (exact) mass is 298 g/mol. The van der Waals surface area contributed by atoms with Crippen LogP contribution in [0.25, 0.3) is 0 Å². The zero-order valence-electron chi connectivity index (χ0n) is 14.0. The number of nitrogens with one attached hydrogen (secondary N) is 2. The minimum absolute atomic E-state index is 0.0172. The quantitative estimate of drug-likeness (QED) is 0.791. The molecule has 0 aromatic carbocycles. The number of carbonyl (C=O) groups is 2. The first-order valence-electron chi connectivity index (χ1n) is 7.79. The van der Waals surface area contributed by atoms with Crippen LogP contribution in [0.4, 0.5) is 4.79 Å². The normalized spacial score (nSPS) is 21.4. The number of rotatable bonds is 5. The molecule has 122 valence electrons. The summed E-state index contributed by atoms with van der Waals surface area (Å²) in [4.78, 5) is 28.0. The fraction of sp³-hybridized carbons (Fsp3) is 0.867. The Hall–Kier alpha value is -1.14. The number of likely N-dealkylation sites (tertiary alicyclic amines) is 1. The summed E-state index contributed by atoms with van der Waals surface area (Å²) in [5.41, 5.74) is 0. The second-order valence-electron chi connectivity index (χ2n) is 6.50. The number of urea groups is 1. The van der Waals surface area contributed by atoms with Gasteiger partial charge in [-0.1, -0.05) is 0 Å². The van der Waals surface area contributed by atoms with E-state index in [2.05, 4.69) is 22.6 Å². The molecular weight excluding hydrogens is 268 g/mol. The zero-order valence-corrected chi connectivity index (χ0v) is 14.0. The molecule has 0 radical (unpaired) electrons. The molecule has 1 rings (SSSR count). The van der Waals surface area contributed by atoms with E-state index in [-0.39, 0.29) is 18.0 Å². The van der Waals surface area contributed by atoms with Crippen molar-refractivity contribution in [3.8, 4) is 0 Å². The molecule has 1 aliphatic heterocycles. The van der Waals surface area contributed by atoms with Crippen LogP contribution in [0, 0.1) is 5.92 Å². The molecule has 0 aromatic rings. The molecule has 0 spiro atoms. The molecule has 2 N–H and O–H groups in total. The number of imide groups is 1. The second kappa shape index (κ2) is 8.34. The fourth-order valence-corrected chi connectivity index (χ4v) is 2.70. The lowest BCUT2D eigenvalue weighted by molar-refractivity contribution is -0.124. The Morgan fingerprint density at radius 1 is 1.33 bits per heavy atom. The van der Waals surface area contributed by atoms with Crippen molar-refractivity contribution in [2.24, 2.45) is 5.92 Å². The largest absolute Gasteiger partial charge is 0.336 e. The predicted molar refractivity (Wildman–Crippen MR) is 84.1 cm³/mol. The number of nitrogens with zero attached hydrogens (tertiary/aromatic N) is 2. The van der Waals surface area contributed by atoms with Crippen LogP contribution in [0.3, 0.4) is 0 Å². The van der Waals surface area contributed by atoms with E-state index in [0.29, 0.717) is 5.92 Å². The number of likely N-dealkylation sites (N-methyl/N-ethyl adjacent to an activating group) is 1. The van der Waals surface area contributed by atoms with Crippen LogP contribution in [0.15, 0.2) is 0 Å². The maximum atomic E-state index is 12.1. The van der Waals surface area contributed by atoms with Crippen LogP contribution >= 0.6 is 0 Å². The lowest BCUT2D eigenvalue weighted by atomic mass is 9.97. The van der Waals surface area contributed by atoms with E-state index in [4.69, 9.17) is 0 Å². The molecule has 1 saturated heterocycles. The Bertz CT molecular complexity index is 360. The molecule has 0 aliphatic carbocycles. The van der Waals surface area contributed by atoms with E-state index in [0.717, 1.165) is 19.6 Å². The van der Waals surface area contributed by atoms with Gasteiger partial charge in [0.25, 0.3) is 0 Å². The van der Waals surface area contributed by atoms with Gasteiger partial charge in [0, 0.05) is 19.1 Å². The average molecular weight is 298 g/mol. The third-order valence-electron chi connectivity index (χ3n) is 3.97. The van der Waals surface area contributed by atoms with Gasteiger partial charge < -0.3 is 10.2 Å².